The highest BCUT2D eigenvalue weighted by Crippen LogP contribution is 2.37. The topological polar surface area (TPSA) is 105 Å². The number of nitrogens with one attached hydrogen (secondary N) is 1. The van der Waals surface area contributed by atoms with Gasteiger partial charge in [-0.1, -0.05) is 17.8 Å². The van der Waals surface area contributed by atoms with Crippen molar-refractivity contribution in [1.29, 1.82) is 0 Å². The number of aromatic carboxylic acids is 1. The quantitative estimate of drug-likeness (QED) is 0.499. The Morgan fingerprint density at radius 1 is 1.16 bits per heavy atom. The van der Waals surface area contributed by atoms with E-state index in [1.165, 1.54) is 44.6 Å². The lowest BCUT2D eigenvalue weighted by molar-refractivity contribution is -0.123. The van der Waals surface area contributed by atoms with Crippen molar-refractivity contribution in [2.24, 2.45) is 0 Å². The Bertz CT molecular complexity index is 1120. The average Bonchev–Trinajstić information content (AvgIpc) is 3.00. The van der Waals surface area contributed by atoms with Crippen LogP contribution in [0.1, 0.15) is 26.3 Å². The van der Waals surface area contributed by atoms with E-state index in [1.54, 1.807) is 0 Å². The number of carboxylic acids is 1. The fraction of sp³-hybridized carbons (Fsp3) is 0.100. The van der Waals surface area contributed by atoms with Gasteiger partial charge in [-0.15, -0.1) is 0 Å². The fourth-order valence-corrected chi connectivity index (χ4v) is 3.93. The first-order chi connectivity index (χ1) is 14.8. The van der Waals surface area contributed by atoms with Crippen LogP contribution >= 0.6 is 24.0 Å². The second-order valence-corrected chi connectivity index (χ2v) is 7.71. The average molecular weight is 462 g/mol. The van der Waals surface area contributed by atoms with Gasteiger partial charge in [-0.25, -0.2) is 9.18 Å². The molecule has 8 nitrogen and oxygen atoms in total. The molecule has 0 radical (unpaired) electrons. The minimum absolute atomic E-state index is 0.00356. The van der Waals surface area contributed by atoms with Gasteiger partial charge in [-0.2, -0.15) is 5.01 Å². The molecule has 2 amide bonds. The van der Waals surface area contributed by atoms with Gasteiger partial charge in [0.1, 0.15) is 11.4 Å². The SMILES string of the molecule is COc1ccc(/C=C2/SC(=S)N(NC(=O)c3ccc(F)cc3)C2=O)c(C(=O)O)c1OC. The Balaban J connectivity index is 1.91. The third-order valence-corrected chi connectivity index (χ3v) is 5.49. The molecule has 1 aliphatic rings. The summed E-state index contributed by atoms with van der Waals surface area (Å²) in [6, 6.07) is 7.73. The number of halogens is 1. The van der Waals surface area contributed by atoms with E-state index in [4.69, 9.17) is 21.7 Å². The molecule has 2 aromatic carbocycles. The van der Waals surface area contributed by atoms with Gasteiger partial charge in [-0.05, 0) is 54.2 Å². The van der Waals surface area contributed by atoms with Crippen molar-refractivity contribution < 1.29 is 33.4 Å². The molecule has 0 unspecified atom stereocenters. The second kappa shape index (κ2) is 9.14. The zero-order valence-electron chi connectivity index (χ0n) is 16.2. The molecule has 0 saturated carbocycles. The maximum Gasteiger partial charge on any atom is 0.340 e. The second-order valence-electron chi connectivity index (χ2n) is 6.04. The number of hydrazine groups is 1. The van der Waals surface area contributed by atoms with Crippen LogP contribution in [-0.2, 0) is 4.79 Å². The molecule has 3 rings (SSSR count). The summed E-state index contributed by atoms with van der Waals surface area (Å²) in [7, 11) is 2.68. The number of methoxy groups -OCH3 is 2. The third kappa shape index (κ3) is 4.52. The Kier molecular flexibility index (Phi) is 6.56. The number of carbonyl (C=O) groups excluding carboxylic acids is 2. The first-order valence-electron chi connectivity index (χ1n) is 8.59. The highest BCUT2D eigenvalue weighted by atomic mass is 32.2. The summed E-state index contributed by atoms with van der Waals surface area (Å²) in [4.78, 5) is 37.0. The van der Waals surface area contributed by atoms with Gasteiger partial charge in [0, 0.05) is 5.56 Å². The van der Waals surface area contributed by atoms with Crippen LogP contribution < -0.4 is 14.9 Å². The minimum atomic E-state index is -1.28. The molecule has 31 heavy (non-hydrogen) atoms. The molecule has 2 aromatic rings. The molecule has 0 aromatic heterocycles. The van der Waals surface area contributed by atoms with Gasteiger partial charge in [0.2, 0.25) is 0 Å². The van der Waals surface area contributed by atoms with Gasteiger partial charge in [0.15, 0.2) is 15.8 Å². The van der Waals surface area contributed by atoms with Crippen molar-refractivity contribution in [2.75, 3.05) is 14.2 Å². The van der Waals surface area contributed by atoms with Crippen LogP contribution in [-0.4, -0.2) is 46.4 Å². The van der Waals surface area contributed by atoms with E-state index in [2.05, 4.69) is 5.43 Å². The Labute approximate surface area is 185 Å². The zero-order valence-corrected chi connectivity index (χ0v) is 17.8. The Hall–Kier alpha value is -3.44. The molecule has 11 heteroatoms. The number of benzene rings is 2. The predicted molar refractivity (Wildman–Crippen MR) is 115 cm³/mol. The van der Waals surface area contributed by atoms with E-state index < -0.39 is 23.6 Å². The molecule has 1 saturated heterocycles. The third-order valence-electron chi connectivity index (χ3n) is 4.19. The van der Waals surface area contributed by atoms with Crippen molar-refractivity contribution >= 4 is 52.2 Å². The molecule has 0 spiro atoms. The summed E-state index contributed by atoms with van der Waals surface area (Å²) in [5.41, 5.74) is 2.50. The maximum atomic E-state index is 13.0. The van der Waals surface area contributed by atoms with Crippen LogP contribution in [0.25, 0.3) is 6.08 Å². The maximum absolute atomic E-state index is 13.0. The molecule has 1 heterocycles. The number of carboxylic acid groups (broad SMARTS) is 1. The number of rotatable bonds is 6. The lowest BCUT2D eigenvalue weighted by atomic mass is 10.0. The lowest BCUT2D eigenvalue weighted by Gasteiger charge is -2.15. The smallest absolute Gasteiger partial charge is 0.340 e. The van der Waals surface area contributed by atoms with Crippen molar-refractivity contribution in [2.45, 2.75) is 0 Å². The number of ether oxygens (including phenoxy) is 2. The first kappa shape index (κ1) is 22.2. The van der Waals surface area contributed by atoms with Crippen molar-refractivity contribution in [3.8, 4) is 11.5 Å². The van der Waals surface area contributed by atoms with Gasteiger partial charge >= 0.3 is 5.97 Å². The normalized spacial score (nSPS) is 14.7. The zero-order chi connectivity index (χ0) is 22.7. The van der Waals surface area contributed by atoms with E-state index in [-0.39, 0.29) is 37.4 Å². The van der Waals surface area contributed by atoms with Crippen LogP contribution in [0.3, 0.4) is 0 Å². The van der Waals surface area contributed by atoms with E-state index in [0.717, 1.165) is 28.9 Å². The minimum Gasteiger partial charge on any atom is -0.493 e. The number of amides is 2. The number of thioether (sulfide) groups is 1. The molecular formula is C20H15FN2O6S2. The summed E-state index contributed by atoms with van der Waals surface area (Å²) in [5.74, 6) is -2.86. The van der Waals surface area contributed by atoms with Crippen LogP contribution in [0, 0.1) is 5.82 Å². The van der Waals surface area contributed by atoms with Gasteiger partial charge in [-0.3, -0.25) is 15.0 Å². The summed E-state index contributed by atoms with van der Waals surface area (Å²) in [6.07, 6.45) is 1.34. The highest BCUT2D eigenvalue weighted by Gasteiger charge is 2.34. The molecule has 160 valence electrons. The summed E-state index contributed by atoms with van der Waals surface area (Å²) in [5, 5.41) is 10.5. The van der Waals surface area contributed by atoms with E-state index in [1.807, 2.05) is 0 Å². The summed E-state index contributed by atoms with van der Waals surface area (Å²) < 4.78 is 23.4. The van der Waals surface area contributed by atoms with E-state index in [9.17, 15) is 23.9 Å². The molecule has 2 N–H and O–H groups in total. The van der Waals surface area contributed by atoms with Crippen LogP contribution in [0.15, 0.2) is 41.3 Å². The number of hydrogen-bond donors (Lipinski definition) is 2. The van der Waals surface area contributed by atoms with Crippen molar-refractivity contribution in [3.05, 3.63) is 63.8 Å². The molecule has 1 fully saturated rings. The van der Waals surface area contributed by atoms with Crippen LogP contribution in [0.4, 0.5) is 4.39 Å². The van der Waals surface area contributed by atoms with E-state index in [0.29, 0.717) is 0 Å². The van der Waals surface area contributed by atoms with Crippen LogP contribution in [0.5, 0.6) is 11.5 Å². The monoisotopic (exact) mass is 462 g/mol. The largest absolute Gasteiger partial charge is 0.493 e. The standard InChI is InChI=1S/C20H15FN2O6S2/c1-28-13-8-5-11(15(19(26)27)16(13)29-2)9-14-18(25)23(20(30)31-14)22-17(24)10-3-6-12(21)7-4-10/h3-9H,1-2H3,(H,22,24)(H,26,27)/b14-9+. The molecule has 0 bridgehead atoms. The highest BCUT2D eigenvalue weighted by molar-refractivity contribution is 8.26. The van der Waals surface area contributed by atoms with Gasteiger partial charge in [0.05, 0.1) is 19.1 Å². The molecule has 1 aliphatic heterocycles. The van der Waals surface area contributed by atoms with Gasteiger partial charge < -0.3 is 14.6 Å². The summed E-state index contributed by atoms with van der Waals surface area (Å²) in [6.45, 7) is 0. The fourth-order valence-electron chi connectivity index (χ4n) is 2.76. The Morgan fingerprint density at radius 3 is 2.42 bits per heavy atom. The lowest BCUT2D eigenvalue weighted by Crippen LogP contribution is -2.44. The van der Waals surface area contributed by atoms with E-state index >= 15 is 0 Å². The number of thiocarbonyl (C=S) groups is 1. The Morgan fingerprint density at radius 2 is 1.84 bits per heavy atom. The van der Waals surface area contributed by atoms with Crippen molar-refractivity contribution in [3.63, 3.8) is 0 Å². The molecular weight excluding hydrogens is 447 g/mol. The molecule has 0 atom stereocenters. The predicted octanol–water partition coefficient (Wildman–Crippen LogP) is 3.09. The number of nitrogens with zero attached hydrogens (tertiary/aromatic N) is 1. The van der Waals surface area contributed by atoms with Gasteiger partial charge in [0.25, 0.3) is 11.8 Å². The first-order valence-corrected chi connectivity index (χ1v) is 9.82. The number of carbonyl (C=O) groups is 3. The molecule has 0 aliphatic carbocycles. The van der Waals surface area contributed by atoms with Crippen molar-refractivity contribution in [1.82, 2.24) is 10.4 Å². The number of hydrogen-bond acceptors (Lipinski definition) is 7. The van der Waals surface area contributed by atoms with Crippen LogP contribution in [0.2, 0.25) is 0 Å². The summed E-state index contributed by atoms with van der Waals surface area (Å²) >= 11 is 6.05.